The van der Waals surface area contributed by atoms with E-state index in [4.69, 9.17) is 4.42 Å². The van der Waals surface area contributed by atoms with Crippen LogP contribution in [0.2, 0.25) is 0 Å². The quantitative estimate of drug-likeness (QED) is 0.839. The third-order valence-corrected chi connectivity index (χ3v) is 2.42. The van der Waals surface area contributed by atoms with Crippen molar-refractivity contribution in [1.82, 2.24) is 0 Å². The Hall–Kier alpha value is -2.03. The lowest BCUT2D eigenvalue weighted by molar-refractivity contribution is 0.414. The zero-order valence-corrected chi connectivity index (χ0v) is 8.93. The van der Waals surface area contributed by atoms with Crippen molar-refractivity contribution in [2.75, 3.05) is 0 Å². The van der Waals surface area contributed by atoms with Crippen LogP contribution >= 0.6 is 0 Å². The van der Waals surface area contributed by atoms with E-state index in [2.05, 4.69) is 0 Å². The van der Waals surface area contributed by atoms with Gasteiger partial charge in [0, 0.05) is 5.56 Å². The molecule has 0 amide bonds. The van der Waals surface area contributed by atoms with Crippen molar-refractivity contribution >= 4 is 0 Å². The number of rotatable bonds is 2. The van der Waals surface area contributed by atoms with Gasteiger partial charge in [-0.15, -0.1) is 0 Å². The van der Waals surface area contributed by atoms with E-state index >= 15 is 0 Å². The Balaban J connectivity index is 2.65. The van der Waals surface area contributed by atoms with Gasteiger partial charge in [-0.1, -0.05) is 37.3 Å². The molecule has 0 fully saturated rings. The van der Waals surface area contributed by atoms with E-state index in [1.807, 2.05) is 37.3 Å². The smallest absolute Gasteiger partial charge is 0.378 e. The van der Waals surface area contributed by atoms with Crippen molar-refractivity contribution in [3.63, 3.8) is 0 Å². The van der Waals surface area contributed by atoms with Crippen molar-refractivity contribution in [2.45, 2.75) is 13.3 Å². The Labute approximate surface area is 93.0 Å². The highest BCUT2D eigenvalue weighted by Gasteiger charge is 2.10. The molecule has 0 aliphatic carbocycles. The van der Waals surface area contributed by atoms with Crippen molar-refractivity contribution in [3.8, 4) is 17.1 Å². The molecule has 3 heteroatoms. The van der Waals surface area contributed by atoms with Gasteiger partial charge in [0.1, 0.15) is 5.76 Å². The Kier molecular flexibility index (Phi) is 2.77. The maximum absolute atomic E-state index is 11.3. The van der Waals surface area contributed by atoms with Crippen molar-refractivity contribution in [2.24, 2.45) is 0 Å². The average molecular weight is 216 g/mol. The molecule has 0 bridgehead atoms. The lowest BCUT2D eigenvalue weighted by atomic mass is 10.1. The molecule has 0 radical (unpaired) electrons. The summed E-state index contributed by atoms with van der Waals surface area (Å²) >= 11 is 0. The molecule has 0 aliphatic rings. The topological polar surface area (TPSA) is 50.4 Å². The fourth-order valence-electron chi connectivity index (χ4n) is 1.60. The van der Waals surface area contributed by atoms with Gasteiger partial charge >= 0.3 is 5.63 Å². The largest absolute Gasteiger partial charge is 0.502 e. The second-order valence-electron chi connectivity index (χ2n) is 3.49. The van der Waals surface area contributed by atoms with Gasteiger partial charge < -0.3 is 9.52 Å². The van der Waals surface area contributed by atoms with E-state index < -0.39 is 5.63 Å². The molecule has 0 saturated heterocycles. The van der Waals surface area contributed by atoms with E-state index in [1.165, 1.54) is 6.07 Å². The molecule has 0 aliphatic heterocycles. The van der Waals surface area contributed by atoms with Crippen LogP contribution in [0.1, 0.15) is 12.5 Å². The molecule has 2 rings (SSSR count). The number of hydrogen-bond acceptors (Lipinski definition) is 3. The molecule has 0 unspecified atom stereocenters. The summed E-state index contributed by atoms with van der Waals surface area (Å²) in [4.78, 5) is 11.3. The van der Waals surface area contributed by atoms with Crippen LogP contribution < -0.4 is 5.63 Å². The van der Waals surface area contributed by atoms with Crippen molar-refractivity contribution < 1.29 is 9.52 Å². The molecule has 0 spiro atoms. The molecule has 1 aromatic carbocycles. The Bertz CT molecular complexity index is 541. The van der Waals surface area contributed by atoms with Crippen LogP contribution in [0.15, 0.2) is 45.6 Å². The summed E-state index contributed by atoms with van der Waals surface area (Å²) in [6, 6.07) is 10.9. The Morgan fingerprint density at radius 2 is 1.94 bits per heavy atom. The van der Waals surface area contributed by atoms with Crippen LogP contribution in [-0.2, 0) is 6.42 Å². The van der Waals surface area contributed by atoms with Gasteiger partial charge in [-0.05, 0) is 18.1 Å². The summed E-state index contributed by atoms with van der Waals surface area (Å²) < 4.78 is 5.11. The lowest BCUT2D eigenvalue weighted by Gasteiger charge is -2.06. The molecule has 16 heavy (non-hydrogen) atoms. The van der Waals surface area contributed by atoms with Crippen LogP contribution in [0.4, 0.5) is 0 Å². The van der Waals surface area contributed by atoms with Crippen molar-refractivity contribution in [3.05, 3.63) is 52.4 Å². The average Bonchev–Trinajstić information content (AvgIpc) is 2.33. The molecular formula is C13H12O3. The first-order chi connectivity index (χ1) is 7.72. The number of hydrogen-bond donors (Lipinski definition) is 1. The lowest BCUT2D eigenvalue weighted by Crippen LogP contribution is -2.01. The second kappa shape index (κ2) is 4.23. The fraction of sp³-hybridized carbons (Fsp3) is 0.154. The molecule has 0 atom stereocenters. The SMILES string of the molecule is CCc1cc(O)c(=O)oc1-c1ccccc1. The van der Waals surface area contributed by atoms with Gasteiger partial charge in [0.15, 0.2) is 0 Å². The Morgan fingerprint density at radius 3 is 2.56 bits per heavy atom. The summed E-state index contributed by atoms with van der Waals surface area (Å²) in [5.74, 6) is 0.197. The standard InChI is InChI=1S/C13H12O3/c1-2-9-8-11(14)13(15)16-12(9)10-6-4-3-5-7-10/h3-8,14H,2H2,1H3. The third kappa shape index (κ3) is 1.84. The first-order valence-electron chi connectivity index (χ1n) is 5.13. The highest BCUT2D eigenvalue weighted by Crippen LogP contribution is 2.24. The minimum atomic E-state index is -0.698. The maximum Gasteiger partial charge on any atom is 0.378 e. The number of benzene rings is 1. The molecule has 1 aromatic heterocycles. The predicted molar refractivity (Wildman–Crippen MR) is 61.5 cm³/mol. The molecule has 0 saturated carbocycles. The summed E-state index contributed by atoms with van der Waals surface area (Å²) in [6.07, 6.45) is 0.696. The summed E-state index contributed by atoms with van der Waals surface area (Å²) in [5, 5.41) is 9.30. The summed E-state index contributed by atoms with van der Waals surface area (Å²) in [5.41, 5.74) is 0.968. The van der Waals surface area contributed by atoms with Gasteiger partial charge in [-0.2, -0.15) is 0 Å². The zero-order chi connectivity index (χ0) is 11.5. The summed E-state index contributed by atoms with van der Waals surface area (Å²) in [7, 11) is 0. The van der Waals surface area contributed by atoms with E-state index in [0.717, 1.165) is 11.1 Å². The highest BCUT2D eigenvalue weighted by atomic mass is 16.4. The second-order valence-corrected chi connectivity index (χ2v) is 3.49. The van der Waals surface area contributed by atoms with Crippen LogP contribution in [0.25, 0.3) is 11.3 Å². The third-order valence-electron chi connectivity index (χ3n) is 2.42. The molecule has 3 nitrogen and oxygen atoms in total. The van der Waals surface area contributed by atoms with Gasteiger partial charge in [-0.3, -0.25) is 0 Å². The normalized spacial score (nSPS) is 10.3. The van der Waals surface area contributed by atoms with Crippen LogP contribution in [0, 0.1) is 0 Å². The molecular weight excluding hydrogens is 204 g/mol. The van der Waals surface area contributed by atoms with Crippen LogP contribution in [0.5, 0.6) is 5.75 Å². The molecule has 1 heterocycles. The summed E-state index contributed by atoms with van der Waals surface area (Å²) in [6.45, 7) is 1.95. The Morgan fingerprint density at radius 1 is 1.25 bits per heavy atom. The number of aryl methyl sites for hydroxylation is 1. The monoisotopic (exact) mass is 216 g/mol. The molecule has 1 N–H and O–H groups in total. The minimum Gasteiger partial charge on any atom is -0.502 e. The van der Waals surface area contributed by atoms with E-state index in [9.17, 15) is 9.90 Å². The van der Waals surface area contributed by atoms with Gasteiger partial charge in [0.2, 0.25) is 5.75 Å². The number of aromatic hydroxyl groups is 1. The first-order valence-corrected chi connectivity index (χ1v) is 5.13. The van der Waals surface area contributed by atoms with E-state index in [1.54, 1.807) is 0 Å². The van der Waals surface area contributed by atoms with E-state index in [0.29, 0.717) is 12.2 Å². The van der Waals surface area contributed by atoms with Gasteiger partial charge in [0.25, 0.3) is 0 Å². The first kappa shape index (κ1) is 10.5. The predicted octanol–water partition coefficient (Wildman–Crippen LogP) is 2.57. The zero-order valence-electron chi connectivity index (χ0n) is 8.93. The molecule has 82 valence electrons. The van der Waals surface area contributed by atoms with Crippen LogP contribution in [0.3, 0.4) is 0 Å². The van der Waals surface area contributed by atoms with Crippen LogP contribution in [-0.4, -0.2) is 5.11 Å². The molecule has 2 aromatic rings. The minimum absolute atomic E-state index is 0.337. The highest BCUT2D eigenvalue weighted by molar-refractivity contribution is 5.61. The maximum atomic E-state index is 11.3. The fourth-order valence-corrected chi connectivity index (χ4v) is 1.60. The van der Waals surface area contributed by atoms with Gasteiger partial charge in [-0.25, -0.2) is 4.79 Å². The van der Waals surface area contributed by atoms with E-state index in [-0.39, 0.29) is 5.75 Å². The van der Waals surface area contributed by atoms with Gasteiger partial charge in [0.05, 0.1) is 0 Å². The van der Waals surface area contributed by atoms with Crippen molar-refractivity contribution in [1.29, 1.82) is 0 Å².